The molecule has 3 aromatic heterocycles. The van der Waals surface area contributed by atoms with Gasteiger partial charge in [-0.2, -0.15) is 18.3 Å². The maximum Gasteiger partial charge on any atom is 0.417 e. The number of thiazole rings is 1. The summed E-state index contributed by atoms with van der Waals surface area (Å²) in [6, 6.07) is 2.21. The molecule has 10 heteroatoms. The quantitative estimate of drug-likeness (QED) is 0.493. The zero-order chi connectivity index (χ0) is 22.6. The van der Waals surface area contributed by atoms with Crippen molar-refractivity contribution in [3.05, 3.63) is 57.4 Å². The van der Waals surface area contributed by atoms with Crippen LogP contribution >= 0.6 is 11.3 Å². The predicted molar refractivity (Wildman–Crippen MR) is 113 cm³/mol. The number of unbranched alkanes of at least 4 members (excludes halogenated alkanes) is 1. The molecular formula is C21H24F3N5OS. The number of carbonyl (C=O) groups is 1. The van der Waals surface area contributed by atoms with Gasteiger partial charge in [0.25, 0.3) is 5.91 Å². The Morgan fingerprint density at radius 2 is 2.00 bits per heavy atom. The van der Waals surface area contributed by atoms with Gasteiger partial charge in [0.1, 0.15) is 0 Å². The van der Waals surface area contributed by atoms with Crippen molar-refractivity contribution >= 4 is 17.2 Å². The number of carbonyl (C=O) groups excluding carboxylic acids is 1. The Morgan fingerprint density at radius 3 is 2.58 bits per heavy atom. The molecule has 0 saturated heterocycles. The normalized spacial score (nSPS) is 11.8. The molecule has 0 aliphatic heterocycles. The zero-order valence-electron chi connectivity index (χ0n) is 17.5. The first-order valence-electron chi connectivity index (χ1n) is 9.97. The van der Waals surface area contributed by atoms with E-state index in [1.165, 1.54) is 16.9 Å². The van der Waals surface area contributed by atoms with Crippen molar-refractivity contribution in [2.24, 2.45) is 0 Å². The number of hydrogen-bond donors (Lipinski definition) is 1. The van der Waals surface area contributed by atoms with Gasteiger partial charge >= 0.3 is 6.18 Å². The van der Waals surface area contributed by atoms with Gasteiger partial charge in [0.05, 0.1) is 28.0 Å². The molecule has 31 heavy (non-hydrogen) atoms. The second-order valence-corrected chi connectivity index (χ2v) is 8.45. The summed E-state index contributed by atoms with van der Waals surface area (Å²) in [5.41, 5.74) is 1.18. The van der Waals surface area contributed by atoms with E-state index in [-0.39, 0.29) is 17.6 Å². The summed E-state index contributed by atoms with van der Waals surface area (Å²) in [6.07, 6.45) is 0.352. The number of halogens is 3. The number of amides is 1. The van der Waals surface area contributed by atoms with Crippen molar-refractivity contribution in [1.82, 2.24) is 25.1 Å². The van der Waals surface area contributed by atoms with Crippen molar-refractivity contribution in [2.75, 3.05) is 6.54 Å². The van der Waals surface area contributed by atoms with E-state index in [4.69, 9.17) is 0 Å². The highest BCUT2D eigenvalue weighted by atomic mass is 32.1. The van der Waals surface area contributed by atoms with Crippen LogP contribution in [-0.2, 0) is 12.6 Å². The number of rotatable bonds is 8. The van der Waals surface area contributed by atoms with Crippen LogP contribution in [0.15, 0.2) is 29.9 Å². The molecule has 0 aliphatic rings. The summed E-state index contributed by atoms with van der Waals surface area (Å²) < 4.78 is 39.8. The van der Waals surface area contributed by atoms with Crippen molar-refractivity contribution in [1.29, 1.82) is 0 Å². The number of nitrogens with zero attached hydrogens (tertiary/aromatic N) is 4. The van der Waals surface area contributed by atoms with E-state index in [0.29, 0.717) is 17.8 Å². The molecule has 0 fully saturated rings. The molecular weight excluding hydrogens is 427 g/mol. The average molecular weight is 452 g/mol. The SMILES string of the molecule is Cc1csc(CCCCNC(=O)c2cnn(-c3ccc(C(F)(F)F)cn3)c2C(C)C)n1. The molecule has 0 spiro atoms. The van der Waals surface area contributed by atoms with Gasteiger partial charge in [-0.15, -0.1) is 11.3 Å². The summed E-state index contributed by atoms with van der Waals surface area (Å²) in [4.78, 5) is 21.0. The number of alkyl halides is 3. The Kier molecular flexibility index (Phi) is 7.09. The van der Waals surface area contributed by atoms with Crippen LogP contribution in [0.4, 0.5) is 13.2 Å². The van der Waals surface area contributed by atoms with E-state index in [1.54, 1.807) is 11.3 Å². The Hall–Kier alpha value is -2.75. The third-order valence-electron chi connectivity index (χ3n) is 4.66. The maximum atomic E-state index is 12.8. The van der Waals surface area contributed by atoms with Crippen LogP contribution in [0.1, 0.15) is 64.9 Å². The van der Waals surface area contributed by atoms with Crippen LogP contribution in [0.3, 0.4) is 0 Å². The van der Waals surface area contributed by atoms with Crippen molar-refractivity contribution in [2.45, 2.75) is 52.1 Å². The molecule has 0 aromatic carbocycles. The van der Waals surface area contributed by atoms with Crippen LogP contribution in [0.25, 0.3) is 5.82 Å². The van der Waals surface area contributed by atoms with Crippen molar-refractivity contribution < 1.29 is 18.0 Å². The largest absolute Gasteiger partial charge is 0.417 e. The third kappa shape index (κ3) is 5.69. The molecule has 0 atom stereocenters. The molecule has 166 valence electrons. The first-order valence-corrected chi connectivity index (χ1v) is 10.9. The summed E-state index contributed by atoms with van der Waals surface area (Å²) in [5.74, 6) is -0.109. The van der Waals surface area contributed by atoms with Crippen LogP contribution in [0, 0.1) is 6.92 Å². The van der Waals surface area contributed by atoms with Gasteiger partial charge in [-0.3, -0.25) is 4.79 Å². The summed E-state index contributed by atoms with van der Waals surface area (Å²) >= 11 is 1.64. The van der Waals surface area contributed by atoms with Gasteiger partial charge in [-0.25, -0.2) is 14.6 Å². The number of hydrogen-bond acceptors (Lipinski definition) is 5. The lowest BCUT2D eigenvalue weighted by atomic mass is 10.1. The Bertz CT molecular complexity index is 1020. The lowest BCUT2D eigenvalue weighted by Crippen LogP contribution is -2.25. The van der Waals surface area contributed by atoms with E-state index in [0.717, 1.165) is 42.2 Å². The monoisotopic (exact) mass is 451 g/mol. The molecule has 3 rings (SSSR count). The van der Waals surface area contributed by atoms with Crippen LogP contribution in [0.5, 0.6) is 0 Å². The zero-order valence-corrected chi connectivity index (χ0v) is 18.3. The Balaban J connectivity index is 1.64. The number of pyridine rings is 1. The number of nitrogens with one attached hydrogen (secondary N) is 1. The van der Waals surface area contributed by atoms with Crippen molar-refractivity contribution in [3.8, 4) is 5.82 Å². The van der Waals surface area contributed by atoms with Gasteiger partial charge < -0.3 is 5.32 Å². The van der Waals surface area contributed by atoms with E-state index < -0.39 is 11.7 Å². The molecule has 0 unspecified atom stereocenters. The second-order valence-electron chi connectivity index (χ2n) is 7.51. The molecule has 6 nitrogen and oxygen atoms in total. The lowest BCUT2D eigenvalue weighted by Gasteiger charge is -2.13. The highest BCUT2D eigenvalue weighted by Gasteiger charge is 2.31. The van der Waals surface area contributed by atoms with E-state index >= 15 is 0 Å². The molecule has 0 bridgehead atoms. The average Bonchev–Trinajstić information content (AvgIpc) is 3.33. The molecule has 3 heterocycles. The molecule has 0 saturated carbocycles. The first kappa shape index (κ1) is 22.9. The molecule has 0 aliphatic carbocycles. The highest BCUT2D eigenvalue weighted by molar-refractivity contribution is 7.09. The topological polar surface area (TPSA) is 72.7 Å². The van der Waals surface area contributed by atoms with E-state index in [9.17, 15) is 18.0 Å². The van der Waals surface area contributed by atoms with Gasteiger partial charge in [0, 0.05) is 23.8 Å². The lowest BCUT2D eigenvalue weighted by molar-refractivity contribution is -0.137. The highest BCUT2D eigenvalue weighted by Crippen LogP contribution is 2.29. The molecule has 1 N–H and O–H groups in total. The second kappa shape index (κ2) is 9.59. The summed E-state index contributed by atoms with van der Waals surface area (Å²) in [5, 5.41) is 10.2. The van der Waals surface area contributed by atoms with Gasteiger partial charge in [0.2, 0.25) is 0 Å². The van der Waals surface area contributed by atoms with Gasteiger partial charge in [-0.05, 0) is 44.2 Å². The smallest absolute Gasteiger partial charge is 0.352 e. The fraction of sp³-hybridized carbons (Fsp3) is 0.429. The van der Waals surface area contributed by atoms with Gasteiger partial charge in [-0.1, -0.05) is 13.8 Å². The van der Waals surface area contributed by atoms with Gasteiger partial charge in [0.15, 0.2) is 5.82 Å². The fourth-order valence-electron chi connectivity index (χ4n) is 3.17. The van der Waals surface area contributed by atoms with E-state index in [2.05, 4.69) is 20.4 Å². The van der Waals surface area contributed by atoms with Crippen LogP contribution in [-0.4, -0.2) is 32.2 Å². The molecule has 3 aromatic rings. The Morgan fingerprint density at radius 1 is 1.23 bits per heavy atom. The minimum Gasteiger partial charge on any atom is -0.352 e. The number of aromatic nitrogens is 4. The van der Waals surface area contributed by atoms with Crippen LogP contribution in [0.2, 0.25) is 0 Å². The molecule has 1 amide bonds. The maximum absolute atomic E-state index is 12.8. The number of aryl methyl sites for hydroxylation is 2. The summed E-state index contributed by atoms with van der Waals surface area (Å²) in [7, 11) is 0. The minimum atomic E-state index is -4.46. The van der Waals surface area contributed by atoms with E-state index in [1.807, 2.05) is 26.2 Å². The summed E-state index contributed by atoms with van der Waals surface area (Å²) in [6.45, 7) is 6.27. The van der Waals surface area contributed by atoms with Crippen LogP contribution < -0.4 is 5.32 Å². The third-order valence-corrected chi connectivity index (χ3v) is 5.69. The minimum absolute atomic E-state index is 0.0829. The Labute approximate surface area is 182 Å². The fourth-order valence-corrected chi connectivity index (χ4v) is 3.98. The first-order chi connectivity index (χ1) is 14.7. The predicted octanol–water partition coefficient (Wildman–Crippen LogP) is 4.93. The molecule has 0 radical (unpaired) electrons. The standard InChI is InChI=1S/C21H24F3N5OS/c1-13(2)19-16(20(30)25-9-5-4-6-18-28-14(3)12-31-18)11-27-29(19)17-8-7-15(10-26-17)21(22,23)24/h7-8,10-13H,4-6,9H2,1-3H3,(H,25,30). The van der Waals surface area contributed by atoms with Crippen molar-refractivity contribution in [3.63, 3.8) is 0 Å².